The highest BCUT2D eigenvalue weighted by Gasteiger charge is 2.42. The minimum Gasteiger partial charge on any atom is -0.349 e. The van der Waals surface area contributed by atoms with E-state index in [1.165, 1.54) is 17.4 Å². The molecule has 0 saturated heterocycles. The SMILES string of the molecule is O=C(CC1CCCC1)NCc1nnc2n1C[C@@H](C(F)(F)F)CC2. The highest BCUT2D eigenvalue weighted by atomic mass is 19.4. The number of rotatable bonds is 4. The fourth-order valence-corrected chi connectivity index (χ4v) is 3.51. The Hall–Kier alpha value is -1.60. The molecule has 0 bridgehead atoms. The summed E-state index contributed by atoms with van der Waals surface area (Å²) in [6.45, 7) is -0.0111. The monoisotopic (exact) mass is 330 g/mol. The zero-order valence-electron chi connectivity index (χ0n) is 12.9. The zero-order chi connectivity index (χ0) is 16.4. The molecule has 3 rings (SSSR count). The molecule has 1 amide bonds. The lowest BCUT2D eigenvalue weighted by Gasteiger charge is -2.26. The topological polar surface area (TPSA) is 59.8 Å². The Kier molecular flexibility index (Phi) is 4.59. The number of amides is 1. The Morgan fingerprint density at radius 3 is 2.65 bits per heavy atom. The first-order valence-corrected chi connectivity index (χ1v) is 8.18. The van der Waals surface area contributed by atoms with Crippen molar-refractivity contribution in [1.82, 2.24) is 20.1 Å². The molecule has 5 nitrogen and oxygen atoms in total. The van der Waals surface area contributed by atoms with Crippen LogP contribution in [-0.2, 0) is 24.3 Å². The second-order valence-electron chi connectivity index (χ2n) is 6.55. The smallest absolute Gasteiger partial charge is 0.349 e. The normalized spacial score (nSPS) is 22.1. The van der Waals surface area contributed by atoms with Gasteiger partial charge in [0.05, 0.1) is 12.5 Å². The molecule has 1 N–H and O–H groups in total. The van der Waals surface area contributed by atoms with Crippen LogP contribution in [0.25, 0.3) is 0 Å². The predicted octanol–water partition coefficient (Wildman–Crippen LogP) is 2.60. The highest BCUT2D eigenvalue weighted by molar-refractivity contribution is 5.76. The molecule has 128 valence electrons. The van der Waals surface area contributed by atoms with Gasteiger partial charge in [0.25, 0.3) is 0 Å². The number of nitrogens with zero attached hydrogens (tertiary/aromatic N) is 3. The molecule has 8 heteroatoms. The van der Waals surface area contributed by atoms with Crippen molar-refractivity contribution >= 4 is 5.91 Å². The maximum Gasteiger partial charge on any atom is 0.393 e. The van der Waals surface area contributed by atoms with Gasteiger partial charge >= 0.3 is 6.18 Å². The molecule has 1 atom stereocenters. The molecule has 0 radical (unpaired) electrons. The van der Waals surface area contributed by atoms with Crippen molar-refractivity contribution in [2.75, 3.05) is 0 Å². The number of nitrogens with one attached hydrogen (secondary N) is 1. The number of carbonyl (C=O) groups excluding carboxylic acids is 1. The molecule has 2 heterocycles. The van der Waals surface area contributed by atoms with Gasteiger partial charge in [0.2, 0.25) is 5.91 Å². The van der Waals surface area contributed by atoms with Gasteiger partial charge in [-0.3, -0.25) is 4.79 Å². The first-order valence-electron chi connectivity index (χ1n) is 8.18. The molecule has 23 heavy (non-hydrogen) atoms. The van der Waals surface area contributed by atoms with Crippen molar-refractivity contribution in [2.24, 2.45) is 11.8 Å². The third kappa shape index (κ3) is 3.84. The quantitative estimate of drug-likeness (QED) is 0.923. The molecule has 1 saturated carbocycles. The second kappa shape index (κ2) is 6.49. The van der Waals surface area contributed by atoms with Gasteiger partial charge in [-0.05, 0) is 25.2 Å². The lowest BCUT2D eigenvalue weighted by molar-refractivity contribution is -0.182. The standard InChI is InChI=1S/C15H21F3N4O/c16-15(17,18)11-5-6-12-20-21-13(22(12)9-11)8-19-14(23)7-10-3-1-2-4-10/h10-11H,1-9H2,(H,19,23)/t11-/m0/s1. The van der Waals surface area contributed by atoms with Gasteiger partial charge in [0.1, 0.15) is 5.82 Å². The van der Waals surface area contributed by atoms with Crippen LogP contribution in [0.5, 0.6) is 0 Å². The molecule has 1 fully saturated rings. The molecular formula is C15H21F3N4O. The van der Waals surface area contributed by atoms with Crippen LogP contribution in [0.4, 0.5) is 13.2 Å². The van der Waals surface area contributed by atoms with Gasteiger partial charge in [-0.25, -0.2) is 0 Å². The summed E-state index contributed by atoms with van der Waals surface area (Å²) in [5.74, 6) is 0.00700. The number of halogens is 3. The van der Waals surface area contributed by atoms with Gasteiger partial charge < -0.3 is 9.88 Å². The van der Waals surface area contributed by atoms with E-state index in [9.17, 15) is 18.0 Å². The minimum atomic E-state index is -4.20. The minimum absolute atomic E-state index is 0.0513. The Morgan fingerprint density at radius 1 is 1.22 bits per heavy atom. The molecule has 1 aromatic rings. The van der Waals surface area contributed by atoms with E-state index in [4.69, 9.17) is 0 Å². The van der Waals surface area contributed by atoms with E-state index in [1.54, 1.807) is 0 Å². The Balaban J connectivity index is 1.57. The number of hydrogen-bond donors (Lipinski definition) is 1. The van der Waals surface area contributed by atoms with Crippen molar-refractivity contribution in [3.63, 3.8) is 0 Å². The highest BCUT2D eigenvalue weighted by Crippen LogP contribution is 2.34. The molecular weight excluding hydrogens is 309 g/mol. The fourth-order valence-electron chi connectivity index (χ4n) is 3.51. The maximum atomic E-state index is 12.9. The van der Waals surface area contributed by atoms with Crippen LogP contribution in [0.3, 0.4) is 0 Å². The van der Waals surface area contributed by atoms with E-state index in [0.29, 0.717) is 24.0 Å². The van der Waals surface area contributed by atoms with Crippen molar-refractivity contribution in [3.8, 4) is 0 Å². The van der Waals surface area contributed by atoms with E-state index in [1.807, 2.05) is 0 Å². The average Bonchev–Trinajstić information content (AvgIpc) is 3.13. The van der Waals surface area contributed by atoms with Gasteiger partial charge in [-0.15, -0.1) is 10.2 Å². The molecule has 1 aliphatic carbocycles. The summed E-state index contributed by atoms with van der Waals surface area (Å²) in [4.78, 5) is 11.9. The number of hydrogen-bond acceptors (Lipinski definition) is 3. The van der Waals surface area contributed by atoms with E-state index in [-0.39, 0.29) is 31.8 Å². The van der Waals surface area contributed by atoms with Gasteiger partial charge in [0, 0.05) is 19.4 Å². The first kappa shape index (κ1) is 16.3. The zero-order valence-corrected chi connectivity index (χ0v) is 12.9. The summed E-state index contributed by atoms with van der Waals surface area (Å²) in [5, 5.41) is 10.7. The van der Waals surface area contributed by atoms with E-state index >= 15 is 0 Å². The molecule has 2 aliphatic rings. The van der Waals surface area contributed by atoms with Crippen molar-refractivity contribution in [1.29, 1.82) is 0 Å². The lowest BCUT2D eigenvalue weighted by atomic mass is 9.99. The number of fused-ring (bicyclic) bond motifs is 1. The summed E-state index contributed by atoms with van der Waals surface area (Å²) in [5.41, 5.74) is 0. The number of alkyl halides is 3. The Bertz CT molecular complexity index is 564. The number of aromatic nitrogens is 3. The van der Waals surface area contributed by atoms with Crippen LogP contribution in [0.1, 0.15) is 50.2 Å². The lowest BCUT2D eigenvalue weighted by Crippen LogP contribution is -2.34. The van der Waals surface area contributed by atoms with Crippen LogP contribution in [0.15, 0.2) is 0 Å². The second-order valence-corrected chi connectivity index (χ2v) is 6.55. The molecule has 1 aliphatic heterocycles. The van der Waals surface area contributed by atoms with Crippen LogP contribution < -0.4 is 5.32 Å². The van der Waals surface area contributed by atoms with Crippen LogP contribution in [0, 0.1) is 11.8 Å². The molecule has 0 aromatic carbocycles. The van der Waals surface area contributed by atoms with Gasteiger partial charge in [-0.1, -0.05) is 12.8 Å². The third-order valence-corrected chi connectivity index (χ3v) is 4.88. The summed E-state index contributed by atoms with van der Waals surface area (Å²) < 4.78 is 40.2. The molecule has 1 aromatic heterocycles. The molecule has 0 spiro atoms. The van der Waals surface area contributed by atoms with E-state index in [2.05, 4.69) is 15.5 Å². The Labute approximate surface area is 132 Å². The average molecular weight is 330 g/mol. The van der Waals surface area contributed by atoms with Gasteiger partial charge in [-0.2, -0.15) is 13.2 Å². The van der Waals surface area contributed by atoms with Crippen LogP contribution >= 0.6 is 0 Å². The summed E-state index contributed by atoms with van der Waals surface area (Å²) >= 11 is 0. The maximum absolute atomic E-state index is 12.9. The van der Waals surface area contributed by atoms with Crippen molar-refractivity contribution < 1.29 is 18.0 Å². The number of aryl methyl sites for hydroxylation is 1. The van der Waals surface area contributed by atoms with Crippen molar-refractivity contribution in [3.05, 3.63) is 11.6 Å². The number of carbonyl (C=O) groups is 1. The van der Waals surface area contributed by atoms with Gasteiger partial charge in [0.15, 0.2) is 5.82 Å². The third-order valence-electron chi connectivity index (χ3n) is 4.88. The molecule has 0 unspecified atom stereocenters. The summed E-state index contributed by atoms with van der Waals surface area (Å²) in [6, 6.07) is 0. The van der Waals surface area contributed by atoms with Crippen molar-refractivity contribution in [2.45, 2.75) is 64.2 Å². The summed E-state index contributed by atoms with van der Waals surface area (Å²) in [6.07, 6.45) is 1.13. The van der Waals surface area contributed by atoms with Crippen LogP contribution in [0.2, 0.25) is 0 Å². The van der Waals surface area contributed by atoms with Crippen LogP contribution in [-0.4, -0.2) is 26.8 Å². The van der Waals surface area contributed by atoms with E-state index < -0.39 is 12.1 Å². The Morgan fingerprint density at radius 2 is 1.96 bits per heavy atom. The van der Waals surface area contributed by atoms with E-state index in [0.717, 1.165) is 12.8 Å². The summed E-state index contributed by atoms with van der Waals surface area (Å²) in [7, 11) is 0. The first-order chi connectivity index (χ1) is 10.9. The largest absolute Gasteiger partial charge is 0.393 e. The fraction of sp³-hybridized carbons (Fsp3) is 0.800. The predicted molar refractivity (Wildman–Crippen MR) is 76.3 cm³/mol.